The fourth-order valence-electron chi connectivity index (χ4n) is 4.12. The van der Waals surface area contributed by atoms with Gasteiger partial charge >= 0.3 is 5.97 Å². The number of thiazole rings is 1. The minimum absolute atomic E-state index is 0.104. The predicted octanol–water partition coefficient (Wildman–Crippen LogP) is 3.82. The van der Waals surface area contributed by atoms with E-state index < -0.39 is 12.0 Å². The first-order valence-corrected chi connectivity index (χ1v) is 13.9. The highest BCUT2D eigenvalue weighted by Gasteiger charge is 2.33. The Morgan fingerprint density at radius 2 is 1.97 bits per heavy atom. The number of hydrogen-bond donors (Lipinski definition) is 0. The lowest BCUT2D eigenvalue weighted by Crippen LogP contribution is -2.40. The number of ether oxygens (including phenoxy) is 3. The monoisotopic (exact) mass is 549 g/mol. The molecule has 196 valence electrons. The van der Waals surface area contributed by atoms with Crippen molar-refractivity contribution in [1.29, 1.82) is 5.26 Å². The van der Waals surface area contributed by atoms with E-state index >= 15 is 0 Å². The maximum Gasteiger partial charge on any atom is 0.338 e. The lowest BCUT2D eigenvalue weighted by Gasteiger charge is -2.25. The zero-order chi connectivity index (χ0) is 27.4. The van der Waals surface area contributed by atoms with E-state index in [1.807, 2.05) is 36.6 Å². The average molecular weight is 550 g/mol. The number of methoxy groups -OCH3 is 1. The van der Waals surface area contributed by atoms with Gasteiger partial charge in [-0.1, -0.05) is 29.5 Å². The molecule has 8 nitrogen and oxygen atoms in total. The Bertz CT molecular complexity index is 1610. The molecule has 38 heavy (non-hydrogen) atoms. The molecule has 4 rings (SSSR count). The summed E-state index contributed by atoms with van der Waals surface area (Å²) < 4.78 is 18.4. The summed E-state index contributed by atoms with van der Waals surface area (Å²) in [5, 5.41) is 8.80. The zero-order valence-corrected chi connectivity index (χ0v) is 23.3. The van der Waals surface area contributed by atoms with Crippen LogP contribution in [0.2, 0.25) is 0 Å². The molecule has 0 radical (unpaired) electrons. The van der Waals surface area contributed by atoms with Gasteiger partial charge in [0.05, 0.1) is 35.1 Å². The van der Waals surface area contributed by atoms with Gasteiger partial charge in [-0.25, -0.2) is 9.79 Å². The van der Waals surface area contributed by atoms with E-state index in [-0.39, 0.29) is 18.3 Å². The summed E-state index contributed by atoms with van der Waals surface area (Å²) in [5.41, 5.74) is 2.10. The van der Waals surface area contributed by atoms with Crippen molar-refractivity contribution in [3.05, 3.63) is 84.5 Å². The Hall–Kier alpha value is -3.81. The van der Waals surface area contributed by atoms with Crippen molar-refractivity contribution in [1.82, 2.24) is 4.57 Å². The summed E-state index contributed by atoms with van der Waals surface area (Å²) in [6, 6.07) is 14.3. The zero-order valence-electron chi connectivity index (χ0n) is 21.7. The normalized spacial score (nSPS) is 15.1. The molecule has 0 saturated carbocycles. The fourth-order valence-corrected chi connectivity index (χ4v) is 5.57. The molecule has 2 heterocycles. The van der Waals surface area contributed by atoms with Crippen LogP contribution in [0.1, 0.15) is 37.9 Å². The molecule has 1 aliphatic heterocycles. The van der Waals surface area contributed by atoms with Crippen molar-refractivity contribution in [2.45, 2.75) is 37.8 Å². The lowest BCUT2D eigenvalue weighted by atomic mass is 9.96. The number of nitrogens with zero attached hydrogens (tertiary/aromatic N) is 3. The number of benzene rings is 2. The SMILES string of the molecule is COc1cc(/C=c2\sc3n(c2=O)[C@@H](c2ccc(SC)cc2)C(C(=O)OC(C)C)=C(C)N=3)ccc1OCC#N. The van der Waals surface area contributed by atoms with Gasteiger partial charge in [0.25, 0.3) is 5.56 Å². The number of carbonyl (C=O) groups is 1. The second-order valence-electron chi connectivity index (χ2n) is 8.67. The summed E-state index contributed by atoms with van der Waals surface area (Å²) in [6.07, 6.45) is 3.42. The van der Waals surface area contributed by atoms with Gasteiger partial charge in [-0.2, -0.15) is 5.26 Å². The molecular formula is C28H27N3O5S2. The van der Waals surface area contributed by atoms with E-state index in [0.717, 1.165) is 10.5 Å². The Kier molecular flexibility index (Phi) is 8.39. The van der Waals surface area contributed by atoms with E-state index in [9.17, 15) is 9.59 Å². The highest BCUT2D eigenvalue weighted by molar-refractivity contribution is 7.98. The van der Waals surface area contributed by atoms with Crippen LogP contribution in [0.25, 0.3) is 6.08 Å². The molecule has 0 fully saturated rings. The third-order valence-electron chi connectivity index (χ3n) is 5.79. The van der Waals surface area contributed by atoms with Gasteiger partial charge in [-0.05, 0) is 68.5 Å². The molecule has 1 aliphatic rings. The molecule has 2 aromatic carbocycles. The number of esters is 1. The maximum absolute atomic E-state index is 13.8. The molecule has 0 amide bonds. The Balaban J connectivity index is 1.87. The van der Waals surface area contributed by atoms with E-state index in [2.05, 4.69) is 4.99 Å². The number of aromatic nitrogens is 1. The van der Waals surface area contributed by atoms with Crippen LogP contribution in [-0.4, -0.2) is 36.6 Å². The van der Waals surface area contributed by atoms with Crippen LogP contribution in [0.5, 0.6) is 11.5 Å². The molecule has 10 heteroatoms. The summed E-state index contributed by atoms with van der Waals surface area (Å²) in [7, 11) is 1.51. The Morgan fingerprint density at radius 1 is 1.24 bits per heavy atom. The van der Waals surface area contributed by atoms with Crippen LogP contribution in [-0.2, 0) is 9.53 Å². The Morgan fingerprint density at radius 3 is 2.61 bits per heavy atom. The number of allylic oxidation sites excluding steroid dienone is 1. The van der Waals surface area contributed by atoms with Crippen molar-refractivity contribution in [3.8, 4) is 17.6 Å². The van der Waals surface area contributed by atoms with Crippen LogP contribution in [0, 0.1) is 11.3 Å². The first-order chi connectivity index (χ1) is 18.3. The molecule has 0 spiro atoms. The van der Waals surface area contributed by atoms with E-state index in [1.54, 1.807) is 61.4 Å². The van der Waals surface area contributed by atoms with Gasteiger partial charge in [0.1, 0.15) is 6.07 Å². The molecule has 0 aliphatic carbocycles. The second kappa shape index (κ2) is 11.7. The minimum atomic E-state index is -0.674. The predicted molar refractivity (Wildman–Crippen MR) is 147 cm³/mol. The number of hydrogen-bond acceptors (Lipinski definition) is 9. The molecular weight excluding hydrogens is 522 g/mol. The van der Waals surface area contributed by atoms with Crippen LogP contribution < -0.4 is 24.4 Å². The number of nitriles is 1. The summed E-state index contributed by atoms with van der Waals surface area (Å²) in [6.45, 7) is 5.24. The smallest absolute Gasteiger partial charge is 0.338 e. The van der Waals surface area contributed by atoms with E-state index in [1.165, 1.54) is 18.4 Å². The maximum atomic E-state index is 13.8. The third-order valence-corrected chi connectivity index (χ3v) is 7.52. The van der Waals surface area contributed by atoms with Crippen LogP contribution >= 0.6 is 23.1 Å². The number of thioether (sulfide) groups is 1. The van der Waals surface area contributed by atoms with Crippen LogP contribution in [0.15, 0.2) is 68.4 Å². The number of fused-ring (bicyclic) bond motifs is 1. The van der Waals surface area contributed by atoms with E-state index in [4.69, 9.17) is 19.5 Å². The minimum Gasteiger partial charge on any atom is -0.493 e. The number of carbonyl (C=O) groups excluding carboxylic acids is 1. The van der Waals surface area contributed by atoms with E-state index in [0.29, 0.717) is 37.7 Å². The lowest BCUT2D eigenvalue weighted by molar-refractivity contribution is -0.143. The highest BCUT2D eigenvalue weighted by atomic mass is 32.2. The van der Waals surface area contributed by atoms with Gasteiger partial charge in [-0.15, -0.1) is 11.8 Å². The van der Waals surface area contributed by atoms with Gasteiger partial charge in [-0.3, -0.25) is 9.36 Å². The molecule has 0 unspecified atom stereocenters. The second-order valence-corrected chi connectivity index (χ2v) is 10.6. The van der Waals surface area contributed by atoms with Gasteiger partial charge in [0.15, 0.2) is 22.9 Å². The van der Waals surface area contributed by atoms with Crippen molar-refractivity contribution in [2.75, 3.05) is 20.0 Å². The third kappa shape index (κ3) is 5.54. The Labute approximate surface area is 228 Å². The molecule has 3 aromatic rings. The van der Waals surface area contributed by atoms with Gasteiger partial charge < -0.3 is 14.2 Å². The fraction of sp³-hybridized carbons (Fsp3) is 0.286. The molecule has 1 atom stereocenters. The molecule has 1 aromatic heterocycles. The quantitative estimate of drug-likeness (QED) is 0.311. The highest BCUT2D eigenvalue weighted by Crippen LogP contribution is 2.32. The first kappa shape index (κ1) is 27.2. The number of rotatable bonds is 8. The molecule has 0 saturated heterocycles. The largest absolute Gasteiger partial charge is 0.493 e. The van der Waals surface area contributed by atoms with Crippen molar-refractivity contribution < 1.29 is 19.0 Å². The van der Waals surface area contributed by atoms with Crippen molar-refractivity contribution in [3.63, 3.8) is 0 Å². The van der Waals surface area contributed by atoms with Crippen LogP contribution in [0.3, 0.4) is 0 Å². The van der Waals surface area contributed by atoms with Crippen LogP contribution in [0.4, 0.5) is 0 Å². The van der Waals surface area contributed by atoms with Gasteiger partial charge in [0, 0.05) is 4.90 Å². The summed E-state index contributed by atoms with van der Waals surface area (Å²) >= 11 is 2.86. The standard InChI is InChI=1S/C28H27N3O5S2/c1-16(2)36-27(33)24-17(3)30-28-31(25(24)19-7-9-20(37-5)10-8-19)26(32)23(38-28)15-18-6-11-21(35-13-12-29)22(14-18)34-4/h6-11,14-16,25H,13H2,1-5H3/b23-15-/t25-/m0/s1. The molecule has 0 N–H and O–H groups in total. The first-order valence-electron chi connectivity index (χ1n) is 11.8. The topological polar surface area (TPSA) is 103 Å². The van der Waals surface area contributed by atoms with Crippen molar-refractivity contribution >= 4 is 35.1 Å². The average Bonchev–Trinajstić information content (AvgIpc) is 3.20. The van der Waals surface area contributed by atoms with Gasteiger partial charge in [0.2, 0.25) is 0 Å². The van der Waals surface area contributed by atoms with Crippen molar-refractivity contribution in [2.24, 2.45) is 4.99 Å². The summed E-state index contributed by atoms with van der Waals surface area (Å²) in [4.78, 5) is 33.2. The summed E-state index contributed by atoms with van der Waals surface area (Å²) in [5.74, 6) is 0.389. The molecule has 0 bridgehead atoms.